The van der Waals surface area contributed by atoms with Gasteiger partial charge in [-0.3, -0.25) is 4.98 Å². The largest absolute Gasteiger partial charge is 0.493 e. The number of aromatic nitrogens is 1. The minimum Gasteiger partial charge on any atom is -0.493 e. The minimum atomic E-state index is 0.558. The van der Waals surface area contributed by atoms with E-state index in [2.05, 4.69) is 4.98 Å². The summed E-state index contributed by atoms with van der Waals surface area (Å²) in [6.45, 7) is 0. The van der Waals surface area contributed by atoms with Gasteiger partial charge in [-0.2, -0.15) is 0 Å². The Morgan fingerprint density at radius 3 is 1.06 bits per heavy atom. The van der Waals surface area contributed by atoms with E-state index in [4.69, 9.17) is 28.4 Å². The topological polar surface area (TPSA) is 68.3 Å². The van der Waals surface area contributed by atoms with Crippen LogP contribution in [0.1, 0.15) is 22.3 Å². The lowest BCUT2D eigenvalue weighted by atomic mass is 10.1. The zero-order chi connectivity index (χ0) is 24.5. The van der Waals surface area contributed by atoms with E-state index < -0.39 is 0 Å². The molecular weight excluding hydrogens is 434 g/mol. The van der Waals surface area contributed by atoms with Gasteiger partial charge in [-0.25, -0.2) is 0 Å². The smallest absolute Gasteiger partial charge is 0.203 e. The van der Waals surface area contributed by atoms with Gasteiger partial charge in [-0.05, 0) is 52.6 Å². The molecule has 0 N–H and O–H groups in total. The van der Waals surface area contributed by atoms with Crippen molar-refractivity contribution in [2.75, 3.05) is 42.7 Å². The number of hydrogen-bond acceptors (Lipinski definition) is 7. The molecule has 0 aliphatic carbocycles. The minimum absolute atomic E-state index is 0.558. The van der Waals surface area contributed by atoms with E-state index in [1.807, 2.05) is 54.6 Å². The van der Waals surface area contributed by atoms with Gasteiger partial charge in [0.05, 0.1) is 42.7 Å². The first-order valence-electron chi connectivity index (χ1n) is 10.5. The maximum atomic E-state index is 5.43. The first kappa shape index (κ1) is 24.5. The van der Waals surface area contributed by atoms with Gasteiger partial charge in [0.25, 0.3) is 0 Å². The molecule has 1 aromatic heterocycles. The second kappa shape index (κ2) is 11.7. The Balaban J connectivity index is 1.85. The van der Waals surface area contributed by atoms with Crippen LogP contribution in [0.15, 0.2) is 42.7 Å². The first-order valence-corrected chi connectivity index (χ1v) is 10.5. The molecule has 0 aliphatic rings. The third-order valence-electron chi connectivity index (χ3n) is 5.09. The molecule has 34 heavy (non-hydrogen) atoms. The second-order valence-corrected chi connectivity index (χ2v) is 7.14. The predicted octanol–water partition coefficient (Wildman–Crippen LogP) is 5.47. The zero-order valence-electron chi connectivity index (χ0n) is 20.2. The first-order chi connectivity index (χ1) is 16.6. The Morgan fingerprint density at radius 1 is 0.441 bits per heavy atom. The van der Waals surface area contributed by atoms with Gasteiger partial charge in [-0.15, -0.1) is 0 Å². The molecule has 0 saturated heterocycles. The Bertz CT molecular complexity index is 1050. The average molecular weight is 464 g/mol. The van der Waals surface area contributed by atoms with Crippen LogP contribution in [-0.4, -0.2) is 47.6 Å². The molecule has 0 aliphatic heterocycles. The molecule has 0 spiro atoms. The molecule has 0 bridgehead atoms. The third-order valence-corrected chi connectivity index (χ3v) is 5.09. The number of hydrogen-bond donors (Lipinski definition) is 0. The molecule has 1 heterocycles. The molecule has 178 valence electrons. The number of pyridine rings is 1. The van der Waals surface area contributed by atoms with E-state index in [9.17, 15) is 0 Å². The van der Waals surface area contributed by atoms with Crippen LogP contribution in [0.3, 0.4) is 0 Å². The third kappa shape index (κ3) is 5.61. The van der Waals surface area contributed by atoms with Gasteiger partial charge in [0, 0.05) is 12.4 Å². The van der Waals surface area contributed by atoms with Crippen LogP contribution in [0.2, 0.25) is 0 Å². The number of rotatable bonds is 10. The van der Waals surface area contributed by atoms with Crippen molar-refractivity contribution in [3.63, 3.8) is 0 Å². The van der Waals surface area contributed by atoms with Crippen LogP contribution >= 0.6 is 0 Å². The highest BCUT2D eigenvalue weighted by atomic mass is 16.5. The highest BCUT2D eigenvalue weighted by Gasteiger charge is 2.13. The van der Waals surface area contributed by atoms with E-state index >= 15 is 0 Å². The predicted molar refractivity (Wildman–Crippen MR) is 134 cm³/mol. The summed E-state index contributed by atoms with van der Waals surface area (Å²) in [5, 5.41) is 0. The Labute approximate surface area is 200 Å². The van der Waals surface area contributed by atoms with Crippen LogP contribution in [0.5, 0.6) is 34.5 Å². The van der Waals surface area contributed by atoms with Gasteiger partial charge in [-0.1, -0.05) is 24.3 Å². The van der Waals surface area contributed by atoms with Gasteiger partial charge < -0.3 is 28.4 Å². The van der Waals surface area contributed by atoms with Crippen molar-refractivity contribution in [1.29, 1.82) is 0 Å². The van der Waals surface area contributed by atoms with Crippen LogP contribution in [0, 0.1) is 0 Å². The fourth-order valence-corrected chi connectivity index (χ4v) is 3.44. The van der Waals surface area contributed by atoms with Gasteiger partial charge >= 0.3 is 0 Å². The highest BCUT2D eigenvalue weighted by molar-refractivity contribution is 5.76. The lowest BCUT2D eigenvalue weighted by molar-refractivity contribution is 0.324. The van der Waals surface area contributed by atoms with Crippen molar-refractivity contribution >= 4 is 24.3 Å². The molecule has 0 radical (unpaired) electrons. The molecule has 0 fully saturated rings. The Kier molecular flexibility index (Phi) is 8.40. The van der Waals surface area contributed by atoms with Gasteiger partial charge in [0.15, 0.2) is 23.0 Å². The lowest BCUT2D eigenvalue weighted by Crippen LogP contribution is -1.95. The number of nitrogens with zero attached hydrogens (tertiary/aromatic N) is 1. The highest BCUT2D eigenvalue weighted by Crippen LogP contribution is 2.39. The summed E-state index contributed by atoms with van der Waals surface area (Å²) in [6.07, 6.45) is 11.5. The summed E-state index contributed by atoms with van der Waals surface area (Å²) in [4.78, 5) is 4.36. The maximum absolute atomic E-state index is 5.43. The van der Waals surface area contributed by atoms with E-state index in [1.165, 1.54) is 0 Å². The van der Waals surface area contributed by atoms with Crippen LogP contribution in [-0.2, 0) is 0 Å². The molecule has 3 rings (SSSR count). The molecule has 0 atom stereocenters. The summed E-state index contributed by atoms with van der Waals surface area (Å²) < 4.78 is 32.5. The quantitative estimate of drug-likeness (QED) is 0.395. The van der Waals surface area contributed by atoms with Crippen LogP contribution in [0.25, 0.3) is 24.3 Å². The molecule has 2 aromatic carbocycles. The summed E-state index contributed by atoms with van der Waals surface area (Å²) >= 11 is 0. The van der Waals surface area contributed by atoms with Crippen molar-refractivity contribution in [2.45, 2.75) is 0 Å². The molecule has 7 nitrogen and oxygen atoms in total. The normalized spacial score (nSPS) is 11.0. The van der Waals surface area contributed by atoms with Crippen molar-refractivity contribution in [2.24, 2.45) is 0 Å². The molecule has 3 aromatic rings. The van der Waals surface area contributed by atoms with Crippen molar-refractivity contribution in [3.8, 4) is 34.5 Å². The fourth-order valence-electron chi connectivity index (χ4n) is 3.44. The Morgan fingerprint density at radius 2 is 0.765 bits per heavy atom. The number of benzene rings is 2. The van der Waals surface area contributed by atoms with E-state index in [0.29, 0.717) is 34.5 Å². The second-order valence-electron chi connectivity index (χ2n) is 7.14. The molecule has 0 unspecified atom stereocenters. The SMILES string of the molecule is COc1cc(/C=C/c2cncc(/C=C/c3cc(OC)c(OC)c(OC)c3)c2)cc(OC)c1OC. The molecule has 0 saturated carbocycles. The number of ether oxygens (including phenoxy) is 6. The van der Waals surface area contributed by atoms with Crippen molar-refractivity contribution < 1.29 is 28.4 Å². The summed E-state index contributed by atoms with van der Waals surface area (Å²) in [5.74, 6) is 3.51. The maximum Gasteiger partial charge on any atom is 0.203 e. The van der Waals surface area contributed by atoms with Gasteiger partial charge in [0.1, 0.15) is 0 Å². The molecular formula is C27H29NO6. The van der Waals surface area contributed by atoms with Crippen LogP contribution < -0.4 is 28.4 Å². The fraction of sp³-hybridized carbons (Fsp3) is 0.222. The van der Waals surface area contributed by atoms with Crippen LogP contribution in [0.4, 0.5) is 0 Å². The van der Waals surface area contributed by atoms with E-state index in [-0.39, 0.29) is 0 Å². The zero-order valence-corrected chi connectivity index (χ0v) is 20.2. The molecule has 0 amide bonds. The summed E-state index contributed by atoms with van der Waals surface area (Å²) in [6, 6.07) is 9.59. The monoisotopic (exact) mass is 463 g/mol. The van der Waals surface area contributed by atoms with E-state index in [0.717, 1.165) is 22.3 Å². The summed E-state index contributed by atoms with van der Waals surface area (Å²) in [5.41, 5.74) is 3.71. The standard InChI is InChI=1S/C27H29NO6/c1-29-22-12-18(13-23(30-2)26(22)33-5)7-9-20-11-21(17-28-16-20)10-8-19-14-24(31-3)27(34-6)25(15-19)32-4/h7-17H,1-6H3/b9-7+,10-8+. The van der Waals surface area contributed by atoms with E-state index in [1.54, 1.807) is 55.1 Å². The van der Waals surface area contributed by atoms with Gasteiger partial charge in [0.2, 0.25) is 11.5 Å². The average Bonchev–Trinajstić information content (AvgIpc) is 2.89. The lowest BCUT2D eigenvalue weighted by Gasteiger charge is -2.13. The number of methoxy groups -OCH3 is 6. The molecule has 7 heteroatoms. The van der Waals surface area contributed by atoms with Crippen molar-refractivity contribution in [1.82, 2.24) is 4.98 Å². The Hall–Kier alpha value is -4.13. The van der Waals surface area contributed by atoms with Crippen molar-refractivity contribution in [3.05, 3.63) is 65.0 Å². The summed E-state index contributed by atoms with van der Waals surface area (Å²) in [7, 11) is 9.55.